The zero-order chi connectivity index (χ0) is 12.2. The summed E-state index contributed by atoms with van der Waals surface area (Å²) in [6.45, 7) is 2.24. The van der Waals surface area contributed by atoms with Crippen LogP contribution in [0.15, 0.2) is 24.3 Å². The zero-order valence-electron chi connectivity index (χ0n) is 10.6. The molecule has 0 radical (unpaired) electrons. The lowest BCUT2D eigenvalue weighted by atomic mass is 9.84. The van der Waals surface area contributed by atoms with E-state index in [1.807, 2.05) is 0 Å². The van der Waals surface area contributed by atoms with E-state index in [-0.39, 0.29) is 6.04 Å². The monoisotopic (exact) mass is 244 g/mol. The fourth-order valence-corrected chi connectivity index (χ4v) is 4.16. The first-order valence-electron chi connectivity index (χ1n) is 7.08. The molecule has 3 aliphatic heterocycles. The van der Waals surface area contributed by atoms with Gasteiger partial charge in [0.25, 0.3) is 0 Å². The summed E-state index contributed by atoms with van der Waals surface area (Å²) >= 11 is 0. The van der Waals surface area contributed by atoms with Crippen molar-refractivity contribution >= 4 is 5.69 Å². The van der Waals surface area contributed by atoms with Crippen LogP contribution in [0.2, 0.25) is 0 Å². The number of aliphatic hydroxyl groups is 1. The molecule has 1 aromatic carbocycles. The van der Waals surface area contributed by atoms with Crippen LogP contribution in [0.1, 0.15) is 24.8 Å². The maximum atomic E-state index is 11.1. The fourth-order valence-electron chi connectivity index (χ4n) is 4.16. The Kier molecular flexibility index (Phi) is 2.24. The van der Waals surface area contributed by atoms with E-state index in [0.717, 1.165) is 25.8 Å². The summed E-state index contributed by atoms with van der Waals surface area (Å²) in [5, 5.41) is 14.7. The number of anilines is 1. The number of para-hydroxylation sites is 1. The van der Waals surface area contributed by atoms with Gasteiger partial charge in [-0.3, -0.25) is 4.90 Å². The summed E-state index contributed by atoms with van der Waals surface area (Å²) < 4.78 is 0. The van der Waals surface area contributed by atoms with Gasteiger partial charge in [-0.15, -0.1) is 0 Å². The van der Waals surface area contributed by atoms with Crippen molar-refractivity contribution in [3.05, 3.63) is 29.8 Å². The topological polar surface area (TPSA) is 35.5 Å². The lowest BCUT2D eigenvalue weighted by molar-refractivity contribution is -0.00211. The van der Waals surface area contributed by atoms with Crippen molar-refractivity contribution in [3.63, 3.8) is 0 Å². The summed E-state index contributed by atoms with van der Waals surface area (Å²) in [4.78, 5) is 2.48. The second-order valence-corrected chi connectivity index (χ2v) is 5.99. The summed E-state index contributed by atoms with van der Waals surface area (Å²) in [7, 11) is 0. The van der Waals surface area contributed by atoms with E-state index in [2.05, 4.69) is 34.5 Å². The van der Waals surface area contributed by atoms with Crippen LogP contribution in [0, 0.1) is 0 Å². The second kappa shape index (κ2) is 3.72. The van der Waals surface area contributed by atoms with Crippen molar-refractivity contribution in [2.24, 2.45) is 0 Å². The van der Waals surface area contributed by atoms with Gasteiger partial charge in [0.2, 0.25) is 0 Å². The van der Waals surface area contributed by atoms with Crippen LogP contribution >= 0.6 is 0 Å². The highest BCUT2D eigenvalue weighted by atomic mass is 16.3. The molecule has 2 N–H and O–H groups in total. The first kappa shape index (κ1) is 10.8. The van der Waals surface area contributed by atoms with E-state index in [4.69, 9.17) is 0 Å². The first-order valence-corrected chi connectivity index (χ1v) is 7.08. The van der Waals surface area contributed by atoms with Crippen molar-refractivity contribution in [1.82, 2.24) is 4.90 Å². The Morgan fingerprint density at radius 1 is 1.28 bits per heavy atom. The van der Waals surface area contributed by atoms with Gasteiger partial charge in [0.05, 0.1) is 6.04 Å². The lowest BCUT2D eigenvalue weighted by Crippen LogP contribution is -2.53. The van der Waals surface area contributed by atoms with Crippen molar-refractivity contribution < 1.29 is 5.11 Å². The standard InChI is InChI=1S/C15H20N2O/c18-15(7-9-17-8-3-6-14(15)17)13-10-11-4-1-2-5-12(11)16-13/h1-2,4-5,13-14,16,18H,3,6-10H2. The fraction of sp³-hybridized carbons (Fsp3) is 0.600. The molecule has 96 valence electrons. The number of hydrogen-bond donors (Lipinski definition) is 2. The molecule has 3 nitrogen and oxygen atoms in total. The van der Waals surface area contributed by atoms with E-state index in [9.17, 15) is 5.11 Å². The third kappa shape index (κ3) is 1.38. The molecule has 0 aromatic heterocycles. The van der Waals surface area contributed by atoms with Crippen LogP contribution in [0.25, 0.3) is 0 Å². The quantitative estimate of drug-likeness (QED) is 0.788. The van der Waals surface area contributed by atoms with Crippen LogP contribution in [0.5, 0.6) is 0 Å². The van der Waals surface area contributed by atoms with Gasteiger partial charge < -0.3 is 10.4 Å². The van der Waals surface area contributed by atoms with Gasteiger partial charge in [0, 0.05) is 18.3 Å². The van der Waals surface area contributed by atoms with Gasteiger partial charge in [-0.2, -0.15) is 0 Å². The molecule has 3 heteroatoms. The molecule has 4 rings (SSSR count). The van der Waals surface area contributed by atoms with Crippen molar-refractivity contribution in [2.75, 3.05) is 18.4 Å². The molecule has 3 atom stereocenters. The molecule has 3 unspecified atom stereocenters. The number of fused-ring (bicyclic) bond motifs is 2. The molecule has 0 aliphatic carbocycles. The molecule has 0 amide bonds. The maximum absolute atomic E-state index is 11.1. The van der Waals surface area contributed by atoms with Crippen molar-refractivity contribution in [1.29, 1.82) is 0 Å². The van der Waals surface area contributed by atoms with Gasteiger partial charge in [-0.25, -0.2) is 0 Å². The molecular weight excluding hydrogens is 224 g/mol. The van der Waals surface area contributed by atoms with E-state index in [0.29, 0.717) is 6.04 Å². The van der Waals surface area contributed by atoms with Crippen LogP contribution in [-0.2, 0) is 6.42 Å². The average Bonchev–Trinajstić information content (AvgIpc) is 3.06. The predicted octanol–water partition coefficient (Wildman–Crippen LogP) is 1.62. The molecule has 0 saturated carbocycles. The highest BCUT2D eigenvalue weighted by Gasteiger charge is 2.53. The van der Waals surface area contributed by atoms with Crippen molar-refractivity contribution in [3.8, 4) is 0 Å². The Bertz CT molecular complexity index is 450. The Morgan fingerprint density at radius 2 is 2.17 bits per heavy atom. The van der Waals surface area contributed by atoms with Gasteiger partial charge in [0.15, 0.2) is 0 Å². The van der Waals surface area contributed by atoms with Crippen molar-refractivity contribution in [2.45, 2.75) is 43.4 Å². The number of rotatable bonds is 1. The summed E-state index contributed by atoms with van der Waals surface area (Å²) in [5.41, 5.74) is 2.04. The van der Waals surface area contributed by atoms with E-state index in [1.54, 1.807) is 0 Å². The molecule has 3 aliphatic rings. The van der Waals surface area contributed by atoms with Gasteiger partial charge in [-0.1, -0.05) is 18.2 Å². The molecule has 3 heterocycles. The van der Waals surface area contributed by atoms with Crippen LogP contribution in [-0.4, -0.2) is 40.8 Å². The Labute approximate surface area is 108 Å². The largest absolute Gasteiger partial charge is 0.386 e. The second-order valence-electron chi connectivity index (χ2n) is 5.99. The van der Waals surface area contributed by atoms with Crippen LogP contribution in [0.4, 0.5) is 5.69 Å². The SMILES string of the molecule is OC1(C2Cc3ccccc3N2)CCN2CCCC21. The lowest BCUT2D eigenvalue weighted by Gasteiger charge is -2.35. The third-order valence-corrected chi connectivity index (χ3v) is 5.11. The van der Waals surface area contributed by atoms with Gasteiger partial charge in [0.1, 0.15) is 5.60 Å². The highest BCUT2D eigenvalue weighted by molar-refractivity contribution is 5.57. The Balaban J connectivity index is 1.62. The third-order valence-electron chi connectivity index (χ3n) is 5.11. The molecule has 2 saturated heterocycles. The molecule has 1 aromatic rings. The molecule has 18 heavy (non-hydrogen) atoms. The normalized spacial score (nSPS) is 38.5. The Morgan fingerprint density at radius 3 is 3.06 bits per heavy atom. The van der Waals surface area contributed by atoms with Gasteiger partial charge >= 0.3 is 0 Å². The van der Waals surface area contributed by atoms with E-state index in [1.165, 1.54) is 24.2 Å². The summed E-state index contributed by atoms with van der Waals surface area (Å²) in [5.74, 6) is 0. The van der Waals surface area contributed by atoms with E-state index < -0.39 is 5.60 Å². The molecule has 2 fully saturated rings. The number of nitrogens with zero attached hydrogens (tertiary/aromatic N) is 1. The molecule has 0 spiro atoms. The minimum absolute atomic E-state index is 0.197. The Hall–Kier alpha value is -1.06. The molecule has 0 bridgehead atoms. The maximum Gasteiger partial charge on any atom is 0.102 e. The minimum Gasteiger partial charge on any atom is -0.386 e. The summed E-state index contributed by atoms with van der Waals surface area (Å²) in [6.07, 6.45) is 4.29. The first-order chi connectivity index (χ1) is 8.77. The summed E-state index contributed by atoms with van der Waals surface area (Å²) in [6, 6.07) is 9.03. The van der Waals surface area contributed by atoms with E-state index >= 15 is 0 Å². The van der Waals surface area contributed by atoms with Crippen LogP contribution < -0.4 is 5.32 Å². The highest BCUT2D eigenvalue weighted by Crippen LogP contribution is 2.42. The molecular formula is C15H20N2O. The predicted molar refractivity (Wildman–Crippen MR) is 71.7 cm³/mol. The van der Waals surface area contributed by atoms with Gasteiger partial charge in [-0.05, 0) is 43.9 Å². The number of hydrogen-bond acceptors (Lipinski definition) is 3. The average molecular weight is 244 g/mol. The smallest absolute Gasteiger partial charge is 0.102 e. The van der Waals surface area contributed by atoms with Crippen LogP contribution in [0.3, 0.4) is 0 Å². The number of nitrogens with one attached hydrogen (secondary N) is 1. The minimum atomic E-state index is -0.532. The zero-order valence-corrected chi connectivity index (χ0v) is 10.6. The number of benzene rings is 1.